The summed E-state index contributed by atoms with van der Waals surface area (Å²) >= 11 is 3.55. The molecule has 0 saturated heterocycles. The summed E-state index contributed by atoms with van der Waals surface area (Å²) in [6.07, 6.45) is 6.37. The molecule has 0 saturated carbocycles. The number of fused-ring (bicyclic) bond motifs is 3. The van der Waals surface area contributed by atoms with E-state index in [1.807, 2.05) is 47.0 Å². The molecule has 0 aliphatic carbocycles. The van der Waals surface area contributed by atoms with Crippen LogP contribution in [0.3, 0.4) is 0 Å². The molecule has 0 spiro atoms. The average molecular weight is 464 g/mol. The maximum Gasteiger partial charge on any atom is 0.214 e. The van der Waals surface area contributed by atoms with Crippen molar-refractivity contribution in [1.29, 1.82) is 0 Å². The van der Waals surface area contributed by atoms with Crippen LogP contribution in [0.4, 0.5) is 0 Å². The van der Waals surface area contributed by atoms with E-state index in [0.29, 0.717) is 36.4 Å². The Morgan fingerprint density at radius 1 is 1.17 bits per heavy atom. The molecule has 5 rings (SSSR count). The molecule has 150 valence electrons. The van der Waals surface area contributed by atoms with Crippen molar-refractivity contribution in [2.45, 2.75) is 12.8 Å². The van der Waals surface area contributed by atoms with Crippen LogP contribution in [0.2, 0.25) is 0 Å². The third-order valence-electron chi connectivity index (χ3n) is 5.18. The molecule has 0 aliphatic rings. The molecule has 6 nitrogen and oxygen atoms in total. The van der Waals surface area contributed by atoms with Gasteiger partial charge in [0.15, 0.2) is 0 Å². The first kappa shape index (κ1) is 19.0. The topological polar surface area (TPSA) is 76.7 Å². The van der Waals surface area contributed by atoms with Gasteiger partial charge < -0.3 is 14.2 Å². The van der Waals surface area contributed by atoms with Gasteiger partial charge in [-0.2, -0.15) is 0 Å². The summed E-state index contributed by atoms with van der Waals surface area (Å²) in [5.74, 6) is 0.392. The lowest BCUT2D eigenvalue weighted by Crippen LogP contribution is -2.14. The van der Waals surface area contributed by atoms with E-state index in [-0.39, 0.29) is 12.0 Å². The summed E-state index contributed by atoms with van der Waals surface area (Å²) in [7, 11) is 0. The molecule has 0 bridgehead atoms. The number of hydrogen-bond donors (Lipinski definition) is 1. The van der Waals surface area contributed by atoms with Crippen molar-refractivity contribution in [3.8, 4) is 5.88 Å². The molecule has 0 fully saturated rings. The first-order chi connectivity index (χ1) is 14.7. The Bertz CT molecular complexity index is 1420. The van der Waals surface area contributed by atoms with E-state index in [9.17, 15) is 4.79 Å². The fourth-order valence-electron chi connectivity index (χ4n) is 3.84. The third-order valence-corrected chi connectivity index (χ3v) is 5.67. The van der Waals surface area contributed by atoms with Crippen molar-refractivity contribution < 1.29 is 9.84 Å². The number of aromatic nitrogens is 3. The van der Waals surface area contributed by atoms with Crippen LogP contribution >= 0.6 is 15.9 Å². The lowest BCUT2D eigenvalue weighted by molar-refractivity contribution is 0.230. The Kier molecular flexibility index (Phi) is 4.84. The van der Waals surface area contributed by atoms with Crippen molar-refractivity contribution >= 4 is 43.3 Å². The molecule has 0 atom stereocenters. The predicted octanol–water partition coefficient (Wildman–Crippen LogP) is 3.95. The van der Waals surface area contributed by atoms with Gasteiger partial charge in [0.25, 0.3) is 0 Å². The number of hydrogen-bond acceptors (Lipinski definition) is 5. The van der Waals surface area contributed by atoms with E-state index in [1.54, 1.807) is 12.4 Å². The Morgan fingerprint density at radius 2 is 2.07 bits per heavy atom. The van der Waals surface area contributed by atoms with E-state index in [4.69, 9.17) is 9.84 Å². The highest BCUT2D eigenvalue weighted by molar-refractivity contribution is 9.10. The van der Waals surface area contributed by atoms with E-state index in [0.717, 1.165) is 31.8 Å². The second-order valence-corrected chi connectivity index (χ2v) is 8.10. The fraction of sp³-hybridized carbons (Fsp3) is 0.174. The number of pyridine rings is 3. The van der Waals surface area contributed by atoms with E-state index in [1.165, 1.54) is 0 Å². The Balaban J connectivity index is 1.79. The molecule has 4 heterocycles. The molecule has 0 amide bonds. The van der Waals surface area contributed by atoms with Crippen LogP contribution in [0, 0.1) is 0 Å². The molecule has 4 aromatic heterocycles. The van der Waals surface area contributed by atoms with Gasteiger partial charge in [-0.15, -0.1) is 0 Å². The highest BCUT2D eigenvalue weighted by Gasteiger charge is 2.19. The summed E-state index contributed by atoms with van der Waals surface area (Å²) in [6.45, 7) is 0.380. The summed E-state index contributed by atoms with van der Waals surface area (Å²) in [4.78, 5) is 22.1. The van der Waals surface area contributed by atoms with Crippen molar-refractivity contribution in [2.75, 3.05) is 13.2 Å². The Morgan fingerprint density at radius 3 is 2.87 bits per heavy atom. The zero-order valence-electron chi connectivity index (χ0n) is 16.0. The minimum atomic E-state index is -0.106. The number of aliphatic hydroxyl groups excluding tert-OH is 1. The van der Waals surface area contributed by atoms with Crippen LogP contribution in [0.25, 0.3) is 27.3 Å². The standard InChI is InChI=1S/C23H18BrN3O3/c24-16-4-5-17-18-11-20(30-8-2-7-28)26-21-22(18)27(19(17)10-16)13-15(23(21)29)9-14-3-1-6-25-12-14/h1,3-6,10-13,28H,2,7-9H2. The van der Waals surface area contributed by atoms with Crippen LogP contribution in [-0.4, -0.2) is 32.7 Å². The second-order valence-electron chi connectivity index (χ2n) is 7.18. The first-order valence-corrected chi connectivity index (χ1v) is 10.5. The summed E-state index contributed by atoms with van der Waals surface area (Å²) in [5, 5.41) is 11.0. The van der Waals surface area contributed by atoms with Crippen molar-refractivity contribution in [2.24, 2.45) is 0 Å². The van der Waals surface area contributed by atoms with Gasteiger partial charge in [-0.3, -0.25) is 9.78 Å². The minimum Gasteiger partial charge on any atom is -0.478 e. The van der Waals surface area contributed by atoms with Gasteiger partial charge in [-0.25, -0.2) is 4.98 Å². The van der Waals surface area contributed by atoms with Crippen LogP contribution in [0.1, 0.15) is 17.5 Å². The minimum absolute atomic E-state index is 0.0410. The quantitative estimate of drug-likeness (QED) is 0.385. The number of rotatable bonds is 6. The predicted molar refractivity (Wildman–Crippen MR) is 120 cm³/mol. The normalized spacial score (nSPS) is 11.7. The number of ether oxygens (including phenoxy) is 1. The second kappa shape index (κ2) is 7.66. The van der Waals surface area contributed by atoms with Crippen LogP contribution in [0.5, 0.6) is 5.88 Å². The lowest BCUT2D eigenvalue weighted by Gasteiger charge is -2.09. The lowest BCUT2D eigenvalue weighted by atomic mass is 10.1. The van der Waals surface area contributed by atoms with Gasteiger partial charge in [0.05, 0.1) is 17.6 Å². The van der Waals surface area contributed by atoms with E-state index >= 15 is 0 Å². The molecular formula is C23H18BrN3O3. The number of benzene rings is 1. The zero-order chi connectivity index (χ0) is 20.7. The number of nitrogens with zero attached hydrogens (tertiary/aromatic N) is 3. The summed E-state index contributed by atoms with van der Waals surface area (Å²) < 4.78 is 8.74. The molecule has 5 aromatic rings. The Hall–Kier alpha value is -3.03. The molecular weight excluding hydrogens is 446 g/mol. The van der Waals surface area contributed by atoms with Gasteiger partial charge in [-0.05, 0) is 23.8 Å². The van der Waals surface area contributed by atoms with Gasteiger partial charge in [0.1, 0.15) is 5.52 Å². The van der Waals surface area contributed by atoms with Crippen LogP contribution in [0.15, 0.2) is 64.3 Å². The molecule has 0 aliphatic heterocycles. The largest absolute Gasteiger partial charge is 0.478 e. The SMILES string of the molecule is O=c1c(Cc2cccnc2)cn2c3cc(Br)ccc3c3cc(OCCCO)nc1c32. The highest BCUT2D eigenvalue weighted by atomic mass is 79.9. The summed E-state index contributed by atoms with van der Waals surface area (Å²) in [6, 6.07) is 11.7. The van der Waals surface area contributed by atoms with Crippen molar-refractivity contribution in [3.05, 3.63) is 80.8 Å². The van der Waals surface area contributed by atoms with E-state index in [2.05, 4.69) is 25.9 Å². The highest BCUT2D eigenvalue weighted by Crippen LogP contribution is 2.34. The molecule has 0 unspecified atom stereocenters. The van der Waals surface area contributed by atoms with Crippen LogP contribution < -0.4 is 10.2 Å². The number of halogens is 1. The average Bonchev–Trinajstić information content (AvgIpc) is 3.05. The van der Waals surface area contributed by atoms with Crippen LogP contribution in [-0.2, 0) is 6.42 Å². The molecule has 7 heteroatoms. The number of aliphatic hydroxyl groups is 1. The third kappa shape index (κ3) is 3.20. The van der Waals surface area contributed by atoms with Crippen molar-refractivity contribution in [1.82, 2.24) is 14.4 Å². The van der Waals surface area contributed by atoms with Gasteiger partial charge in [0, 0.05) is 64.9 Å². The molecule has 0 radical (unpaired) electrons. The summed E-state index contributed by atoms with van der Waals surface area (Å²) in [5.41, 5.74) is 3.67. The Labute approximate surface area is 180 Å². The smallest absolute Gasteiger partial charge is 0.214 e. The fourth-order valence-corrected chi connectivity index (χ4v) is 4.19. The zero-order valence-corrected chi connectivity index (χ0v) is 17.6. The van der Waals surface area contributed by atoms with Crippen molar-refractivity contribution in [3.63, 3.8) is 0 Å². The monoisotopic (exact) mass is 463 g/mol. The molecule has 1 aromatic carbocycles. The first-order valence-electron chi connectivity index (χ1n) is 9.68. The van der Waals surface area contributed by atoms with Gasteiger partial charge in [-0.1, -0.05) is 28.1 Å². The molecule has 1 N–H and O–H groups in total. The van der Waals surface area contributed by atoms with Gasteiger partial charge >= 0.3 is 0 Å². The van der Waals surface area contributed by atoms with Gasteiger partial charge in [0.2, 0.25) is 11.3 Å². The maximum atomic E-state index is 13.4. The molecule has 30 heavy (non-hydrogen) atoms. The van der Waals surface area contributed by atoms with E-state index < -0.39 is 0 Å². The maximum absolute atomic E-state index is 13.4.